The number of rotatable bonds is 6. The van der Waals surface area contributed by atoms with Gasteiger partial charge < -0.3 is 4.79 Å². The second-order valence-corrected chi connectivity index (χ2v) is 4.20. The third-order valence-corrected chi connectivity index (χ3v) is 2.79. The van der Waals surface area contributed by atoms with Crippen molar-refractivity contribution in [3.05, 3.63) is 18.0 Å². The Morgan fingerprint density at radius 2 is 2.27 bits per heavy atom. The zero-order valence-corrected chi connectivity index (χ0v) is 9.81. The van der Waals surface area contributed by atoms with Crippen molar-refractivity contribution in [1.29, 1.82) is 0 Å². The van der Waals surface area contributed by atoms with Crippen LogP contribution in [0.15, 0.2) is 12.3 Å². The summed E-state index contributed by atoms with van der Waals surface area (Å²) in [6.07, 6.45) is 5.90. The van der Waals surface area contributed by atoms with E-state index >= 15 is 0 Å². The molecule has 3 nitrogen and oxygen atoms in total. The Morgan fingerprint density at radius 3 is 2.87 bits per heavy atom. The molecule has 0 aliphatic carbocycles. The highest BCUT2D eigenvalue weighted by molar-refractivity contribution is 5.52. The molecule has 0 saturated carbocycles. The average Bonchev–Trinajstić information content (AvgIpc) is 2.73. The fourth-order valence-corrected chi connectivity index (χ4v) is 1.39. The summed E-state index contributed by atoms with van der Waals surface area (Å²) in [6.45, 7) is 6.25. The highest BCUT2D eigenvalue weighted by Gasteiger charge is 2.06. The molecule has 0 aliphatic rings. The van der Waals surface area contributed by atoms with Crippen molar-refractivity contribution in [2.75, 3.05) is 0 Å². The molecule has 0 saturated heterocycles. The molecule has 0 N–H and O–H groups in total. The average molecular weight is 208 g/mol. The van der Waals surface area contributed by atoms with E-state index in [1.54, 1.807) is 0 Å². The Kier molecular flexibility index (Phi) is 4.53. The van der Waals surface area contributed by atoms with Gasteiger partial charge in [0.05, 0.1) is 5.69 Å². The lowest BCUT2D eigenvalue weighted by Gasteiger charge is -2.08. The van der Waals surface area contributed by atoms with Crippen LogP contribution in [-0.2, 0) is 11.2 Å². The van der Waals surface area contributed by atoms with E-state index < -0.39 is 0 Å². The van der Waals surface area contributed by atoms with Crippen LogP contribution in [0.3, 0.4) is 0 Å². The van der Waals surface area contributed by atoms with Crippen LogP contribution in [-0.4, -0.2) is 16.1 Å². The summed E-state index contributed by atoms with van der Waals surface area (Å²) in [6, 6.07) is 2.51. The second-order valence-electron chi connectivity index (χ2n) is 4.20. The van der Waals surface area contributed by atoms with Crippen LogP contribution in [0.2, 0.25) is 0 Å². The lowest BCUT2D eigenvalue weighted by molar-refractivity contribution is -0.110. The van der Waals surface area contributed by atoms with E-state index in [0.717, 1.165) is 31.2 Å². The maximum absolute atomic E-state index is 10.5. The fourth-order valence-electron chi connectivity index (χ4n) is 1.39. The van der Waals surface area contributed by atoms with Crippen LogP contribution >= 0.6 is 0 Å². The van der Waals surface area contributed by atoms with Gasteiger partial charge >= 0.3 is 0 Å². The molecule has 0 radical (unpaired) electrons. The smallest absolute Gasteiger partial charge is 0.122 e. The molecule has 0 spiro atoms. The predicted molar refractivity (Wildman–Crippen MR) is 60.8 cm³/mol. The van der Waals surface area contributed by atoms with E-state index in [1.165, 1.54) is 0 Å². The highest BCUT2D eigenvalue weighted by Crippen LogP contribution is 2.11. The van der Waals surface area contributed by atoms with Crippen LogP contribution < -0.4 is 0 Å². The monoisotopic (exact) mass is 208 g/mol. The van der Waals surface area contributed by atoms with Crippen molar-refractivity contribution in [2.45, 2.75) is 46.1 Å². The van der Waals surface area contributed by atoms with Crippen molar-refractivity contribution >= 4 is 6.29 Å². The molecule has 0 aromatic carbocycles. The van der Waals surface area contributed by atoms with Gasteiger partial charge in [-0.2, -0.15) is 5.10 Å². The molecular formula is C12H20N2O. The Bertz CT molecular complexity index is 306. The van der Waals surface area contributed by atoms with E-state index in [1.807, 2.05) is 23.9 Å². The molecule has 0 bridgehead atoms. The van der Waals surface area contributed by atoms with Gasteiger partial charge in [0.2, 0.25) is 0 Å². The van der Waals surface area contributed by atoms with E-state index in [-0.39, 0.29) is 5.92 Å². The summed E-state index contributed by atoms with van der Waals surface area (Å²) in [5, 5.41) is 4.49. The van der Waals surface area contributed by atoms with Crippen molar-refractivity contribution < 1.29 is 4.79 Å². The molecule has 84 valence electrons. The molecular weight excluding hydrogens is 188 g/mol. The SMILES string of the molecule is CCC(C)n1ccc(CCC(C)C=O)n1. The van der Waals surface area contributed by atoms with Gasteiger partial charge in [-0.1, -0.05) is 13.8 Å². The number of aldehydes is 1. The first-order valence-electron chi connectivity index (χ1n) is 5.66. The molecule has 1 aromatic heterocycles. The zero-order chi connectivity index (χ0) is 11.3. The van der Waals surface area contributed by atoms with Gasteiger partial charge in [0, 0.05) is 18.2 Å². The second kappa shape index (κ2) is 5.69. The number of carbonyl (C=O) groups is 1. The molecule has 15 heavy (non-hydrogen) atoms. The van der Waals surface area contributed by atoms with Crippen molar-refractivity contribution in [2.24, 2.45) is 5.92 Å². The molecule has 2 atom stereocenters. The molecule has 1 aromatic rings. The Morgan fingerprint density at radius 1 is 1.53 bits per heavy atom. The van der Waals surface area contributed by atoms with Crippen LogP contribution in [0.5, 0.6) is 0 Å². The summed E-state index contributed by atoms with van der Waals surface area (Å²) >= 11 is 0. The van der Waals surface area contributed by atoms with Crippen LogP contribution in [0, 0.1) is 5.92 Å². The Balaban J connectivity index is 2.49. The van der Waals surface area contributed by atoms with Crippen LogP contribution in [0.1, 0.15) is 45.3 Å². The minimum atomic E-state index is 0.138. The van der Waals surface area contributed by atoms with Crippen molar-refractivity contribution in [3.8, 4) is 0 Å². The standard InChI is InChI=1S/C12H20N2O/c1-4-11(3)14-8-7-12(13-14)6-5-10(2)9-15/h7-11H,4-6H2,1-3H3. The summed E-state index contributed by atoms with van der Waals surface area (Å²) in [5.41, 5.74) is 1.09. The summed E-state index contributed by atoms with van der Waals surface area (Å²) in [7, 11) is 0. The first-order chi connectivity index (χ1) is 7.17. The van der Waals surface area contributed by atoms with Gasteiger partial charge in [-0.15, -0.1) is 0 Å². The molecule has 2 unspecified atom stereocenters. The molecule has 0 amide bonds. The van der Waals surface area contributed by atoms with Crippen LogP contribution in [0.4, 0.5) is 0 Å². The van der Waals surface area contributed by atoms with Crippen molar-refractivity contribution in [3.63, 3.8) is 0 Å². The third-order valence-electron chi connectivity index (χ3n) is 2.79. The normalized spacial score (nSPS) is 14.9. The van der Waals surface area contributed by atoms with Gasteiger partial charge in [0.15, 0.2) is 0 Å². The topological polar surface area (TPSA) is 34.9 Å². The number of carbonyl (C=O) groups excluding carboxylic acids is 1. The minimum Gasteiger partial charge on any atom is -0.303 e. The zero-order valence-electron chi connectivity index (χ0n) is 9.81. The quantitative estimate of drug-likeness (QED) is 0.673. The maximum atomic E-state index is 10.5. The lowest BCUT2D eigenvalue weighted by Crippen LogP contribution is -2.05. The predicted octanol–water partition coefficient (Wildman–Crippen LogP) is 2.62. The van der Waals surface area contributed by atoms with Gasteiger partial charge in [-0.05, 0) is 32.3 Å². The van der Waals surface area contributed by atoms with E-state index in [0.29, 0.717) is 6.04 Å². The lowest BCUT2D eigenvalue weighted by atomic mass is 10.1. The first-order valence-corrected chi connectivity index (χ1v) is 5.66. The Labute approximate surface area is 91.5 Å². The molecule has 1 heterocycles. The molecule has 3 heteroatoms. The summed E-state index contributed by atoms with van der Waals surface area (Å²) in [5.74, 6) is 0.138. The molecule has 0 fully saturated rings. The largest absolute Gasteiger partial charge is 0.303 e. The van der Waals surface area contributed by atoms with Gasteiger partial charge in [0.25, 0.3) is 0 Å². The fraction of sp³-hybridized carbons (Fsp3) is 0.667. The molecule has 1 rings (SSSR count). The first kappa shape index (κ1) is 12.0. The van der Waals surface area contributed by atoms with E-state index in [9.17, 15) is 4.79 Å². The number of hydrogen-bond acceptors (Lipinski definition) is 2. The highest BCUT2D eigenvalue weighted by atomic mass is 16.1. The Hall–Kier alpha value is -1.12. The summed E-state index contributed by atoms with van der Waals surface area (Å²) in [4.78, 5) is 10.5. The minimum absolute atomic E-state index is 0.138. The number of hydrogen-bond donors (Lipinski definition) is 0. The number of aromatic nitrogens is 2. The van der Waals surface area contributed by atoms with Gasteiger partial charge in [0.1, 0.15) is 6.29 Å². The van der Waals surface area contributed by atoms with Crippen LogP contribution in [0.25, 0.3) is 0 Å². The van der Waals surface area contributed by atoms with E-state index in [2.05, 4.69) is 18.9 Å². The number of aryl methyl sites for hydroxylation is 1. The van der Waals surface area contributed by atoms with Crippen molar-refractivity contribution in [1.82, 2.24) is 9.78 Å². The summed E-state index contributed by atoms with van der Waals surface area (Å²) < 4.78 is 2.00. The van der Waals surface area contributed by atoms with Gasteiger partial charge in [-0.3, -0.25) is 4.68 Å². The van der Waals surface area contributed by atoms with Gasteiger partial charge in [-0.25, -0.2) is 0 Å². The number of nitrogens with zero attached hydrogens (tertiary/aromatic N) is 2. The maximum Gasteiger partial charge on any atom is 0.122 e. The molecule has 0 aliphatic heterocycles. The van der Waals surface area contributed by atoms with E-state index in [4.69, 9.17) is 0 Å². The third kappa shape index (κ3) is 3.50.